The number of hydrogen-bond acceptors (Lipinski definition) is 6. The number of nitrogens with one attached hydrogen (secondary N) is 1. The van der Waals surface area contributed by atoms with Gasteiger partial charge in [-0.15, -0.1) is 0 Å². The van der Waals surface area contributed by atoms with E-state index in [0.29, 0.717) is 0 Å². The van der Waals surface area contributed by atoms with Crippen LogP contribution in [0.2, 0.25) is 0 Å². The monoisotopic (exact) mass is 339 g/mol. The summed E-state index contributed by atoms with van der Waals surface area (Å²) < 4.78 is 5.54. The van der Waals surface area contributed by atoms with Gasteiger partial charge in [-0.25, -0.2) is 9.97 Å². The average molecular weight is 339 g/mol. The topological polar surface area (TPSA) is 53.5 Å². The van der Waals surface area contributed by atoms with Crippen LogP contribution in [0.1, 0.15) is 17.4 Å². The summed E-state index contributed by atoms with van der Waals surface area (Å²) in [6.45, 7) is 7.44. The first-order chi connectivity index (χ1) is 12.4. The summed E-state index contributed by atoms with van der Waals surface area (Å²) in [6.07, 6.45) is 3.68. The van der Waals surface area contributed by atoms with E-state index in [9.17, 15) is 0 Å². The van der Waals surface area contributed by atoms with Crippen molar-refractivity contribution >= 4 is 5.69 Å². The highest BCUT2D eigenvalue weighted by Crippen LogP contribution is 2.34. The molecule has 2 aromatic rings. The van der Waals surface area contributed by atoms with Gasteiger partial charge in [0.1, 0.15) is 5.82 Å². The Balaban J connectivity index is 1.74. The number of anilines is 1. The Morgan fingerprint density at radius 1 is 0.920 bits per heavy atom. The molecule has 0 amide bonds. The lowest BCUT2D eigenvalue weighted by molar-refractivity contribution is 0.122. The number of nitrogens with zero attached hydrogens (tertiary/aromatic N) is 4. The van der Waals surface area contributed by atoms with E-state index in [0.717, 1.165) is 58.3 Å². The first kappa shape index (κ1) is 16.4. The van der Waals surface area contributed by atoms with Crippen LogP contribution in [-0.4, -0.2) is 67.4 Å². The molecule has 1 unspecified atom stereocenters. The van der Waals surface area contributed by atoms with Crippen molar-refractivity contribution in [3.63, 3.8) is 0 Å². The summed E-state index contributed by atoms with van der Waals surface area (Å²) in [5.41, 5.74) is 2.57. The van der Waals surface area contributed by atoms with Crippen molar-refractivity contribution in [2.24, 2.45) is 0 Å². The lowest BCUT2D eigenvalue weighted by Crippen LogP contribution is -2.46. The van der Waals surface area contributed by atoms with E-state index < -0.39 is 0 Å². The lowest BCUT2D eigenvalue weighted by Gasteiger charge is -2.37. The predicted octanol–water partition coefficient (Wildman–Crippen LogP) is 1.31. The van der Waals surface area contributed by atoms with Gasteiger partial charge >= 0.3 is 0 Å². The van der Waals surface area contributed by atoms with Crippen molar-refractivity contribution in [2.45, 2.75) is 6.04 Å². The SMILES string of the molecule is c1cnc(C(c2ccccc2N2CCOCC2)N2CCNCC2)nc1. The molecular weight excluding hydrogens is 314 g/mol. The molecule has 1 aromatic heterocycles. The number of piperazine rings is 1. The van der Waals surface area contributed by atoms with Crippen LogP contribution in [0.25, 0.3) is 0 Å². The molecule has 0 bridgehead atoms. The molecule has 25 heavy (non-hydrogen) atoms. The minimum Gasteiger partial charge on any atom is -0.378 e. The molecular formula is C19H25N5O. The summed E-state index contributed by atoms with van der Waals surface area (Å²) >= 11 is 0. The second-order valence-electron chi connectivity index (χ2n) is 6.45. The van der Waals surface area contributed by atoms with Gasteiger partial charge in [0.15, 0.2) is 0 Å². The molecule has 132 valence electrons. The molecule has 4 rings (SSSR count). The fraction of sp³-hybridized carbons (Fsp3) is 0.474. The highest BCUT2D eigenvalue weighted by molar-refractivity contribution is 5.56. The van der Waals surface area contributed by atoms with E-state index >= 15 is 0 Å². The van der Waals surface area contributed by atoms with E-state index in [1.54, 1.807) is 0 Å². The van der Waals surface area contributed by atoms with E-state index in [1.165, 1.54) is 11.3 Å². The Bertz CT molecular complexity index is 669. The lowest BCUT2D eigenvalue weighted by atomic mass is 10.00. The van der Waals surface area contributed by atoms with Gasteiger partial charge < -0.3 is 15.0 Å². The van der Waals surface area contributed by atoms with Crippen molar-refractivity contribution in [3.8, 4) is 0 Å². The predicted molar refractivity (Wildman–Crippen MR) is 97.8 cm³/mol. The van der Waals surface area contributed by atoms with Gasteiger partial charge in [-0.3, -0.25) is 4.90 Å². The number of hydrogen-bond donors (Lipinski definition) is 1. The van der Waals surface area contributed by atoms with Gasteiger partial charge in [0, 0.05) is 62.9 Å². The van der Waals surface area contributed by atoms with Crippen LogP contribution < -0.4 is 10.2 Å². The zero-order chi connectivity index (χ0) is 16.9. The molecule has 6 heteroatoms. The molecule has 3 heterocycles. The van der Waals surface area contributed by atoms with Crippen LogP contribution in [0.3, 0.4) is 0 Å². The van der Waals surface area contributed by atoms with Crippen LogP contribution >= 0.6 is 0 Å². The third-order valence-electron chi connectivity index (χ3n) is 4.93. The summed E-state index contributed by atoms with van der Waals surface area (Å²) in [5, 5.41) is 3.44. The Kier molecular flexibility index (Phi) is 5.20. The smallest absolute Gasteiger partial charge is 0.149 e. The molecule has 2 aliphatic rings. The van der Waals surface area contributed by atoms with Crippen LogP contribution in [-0.2, 0) is 4.74 Å². The molecule has 0 saturated carbocycles. The van der Waals surface area contributed by atoms with E-state index in [4.69, 9.17) is 4.74 Å². The van der Waals surface area contributed by atoms with Gasteiger partial charge in [0.05, 0.1) is 19.3 Å². The largest absolute Gasteiger partial charge is 0.378 e. The summed E-state index contributed by atoms with van der Waals surface area (Å²) in [7, 11) is 0. The maximum absolute atomic E-state index is 5.54. The van der Waals surface area contributed by atoms with E-state index in [1.807, 2.05) is 18.5 Å². The van der Waals surface area contributed by atoms with E-state index in [2.05, 4.69) is 49.4 Å². The molecule has 2 aliphatic heterocycles. The molecule has 2 saturated heterocycles. The summed E-state index contributed by atoms with van der Waals surface area (Å²) in [5.74, 6) is 0.880. The zero-order valence-corrected chi connectivity index (χ0v) is 14.5. The molecule has 1 N–H and O–H groups in total. The van der Waals surface area contributed by atoms with Gasteiger partial charge in [0.2, 0.25) is 0 Å². The normalized spacial score (nSPS) is 20.4. The molecule has 2 fully saturated rings. The molecule has 0 radical (unpaired) electrons. The van der Waals surface area contributed by atoms with Gasteiger partial charge in [-0.1, -0.05) is 18.2 Å². The van der Waals surface area contributed by atoms with Crippen molar-refractivity contribution < 1.29 is 4.74 Å². The highest BCUT2D eigenvalue weighted by Gasteiger charge is 2.29. The second kappa shape index (κ2) is 7.91. The van der Waals surface area contributed by atoms with Crippen LogP contribution in [0, 0.1) is 0 Å². The minimum atomic E-state index is 0.0855. The van der Waals surface area contributed by atoms with Gasteiger partial charge in [-0.05, 0) is 12.1 Å². The van der Waals surface area contributed by atoms with Gasteiger partial charge in [-0.2, -0.15) is 0 Å². The maximum Gasteiger partial charge on any atom is 0.149 e. The Morgan fingerprint density at radius 3 is 2.40 bits per heavy atom. The quantitative estimate of drug-likeness (QED) is 0.906. The van der Waals surface area contributed by atoms with Crippen molar-refractivity contribution in [2.75, 3.05) is 57.4 Å². The maximum atomic E-state index is 5.54. The third kappa shape index (κ3) is 3.66. The number of benzene rings is 1. The molecule has 6 nitrogen and oxygen atoms in total. The summed E-state index contributed by atoms with van der Waals surface area (Å²) in [4.78, 5) is 14.1. The van der Waals surface area contributed by atoms with Crippen molar-refractivity contribution in [3.05, 3.63) is 54.1 Å². The number of para-hydroxylation sites is 1. The number of ether oxygens (including phenoxy) is 1. The Hall–Kier alpha value is -2.02. The van der Waals surface area contributed by atoms with Crippen molar-refractivity contribution in [1.82, 2.24) is 20.2 Å². The van der Waals surface area contributed by atoms with Crippen LogP contribution in [0.4, 0.5) is 5.69 Å². The Labute approximate surface area is 148 Å². The van der Waals surface area contributed by atoms with E-state index in [-0.39, 0.29) is 6.04 Å². The first-order valence-corrected chi connectivity index (χ1v) is 9.07. The fourth-order valence-electron chi connectivity index (χ4n) is 3.70. The average Bonchev–Trinajstić information content (AvgIpc) is 2.71. The third-order valence-corrected chi connectivity index (χ3v) is 4.93. The number of rotatable bonds is 4. The standard InChI is InChI=1S/C19H25N5O/c1-2-5-17(23-12-14-25-15-13-23)16(4-1)18(19-21-6-3-7-22-19)24-10-8-20-9-11-24/h1-7,18,20H,8-15H2. The molecule has 0 spiro atoms. The van der Waals surface area contributed by atoms with Crippen LogP contribution in [0.5, 0.6) is 0 Å². The molecule has 1 atom stereocenters. The number of morpholine rings is 1. The summed E-state index contributed by atoms with van der Waals surface area (Å²) in [6, 6.07) is 10.7. The fourth-order valence-corrected chi connectivity index (χ4v) is 3.70. The van der Waals surface area contributed by atoms with Crippen LogP contribution in [0.15, 0.2) is 42.7 Å². The number of aromatic nitrogens is 2. The Morgan fingerprint density at radius 2 is 1.64 bits per heavy atom. The first-order valence-electron chi connectivity index (χ1n) is 9.07. The van der Waals surface area contributed by atoms with Crippen molar-refractivity contribution in [1.29, 1.82) is 0 Å². The molecule has 1 aromatic carbocycles. The molecule has 0 aliphatic carbocycles. The second-order valence-corrected chi connectivity index (χ2v) is 6.45. The minimum absolute atomic E-state index is 0.0855. The zero-order valence-electron chi connectivity index (χ0n) is 14.5. The highest BCUT2D eigenvalue weighted by atomic mass is 16.5. The van der Waals surface area contributed by atoms with Gasteiger partial charge in [0.25, 0.3) is 0 Å².